The maximum atomic E-state index is 11.9. The summed E-state index contributed by atoms with van der Waals surface area (Å²) < 4.78 is 0. The molecule has 19 heavy (non-hydrogen) atoms. The topological polar surface area (TPSA) is 84.2 Å². The molecule has 2 unspecified atom stereocenters. The van der Waals surface area contributed by atoms with Crippen molar-refractivity contribution in [1.29, 1.82) is 0 Å². The first-order valence-corrected chi connectivity index (χ1v) is 7.44. The van der Waals surface area contributed by atoms with Crippen LogP contribution in [0.5, 0.6) is 0 Å². The van der Waals surface area contributed by atoms with Gasteiger partial charge in [-0.15, -0.1) is 0 Å². The summed E-state index contributed by atoms with van der Waals surface area (Å²) >= 11 is 0. The van der Waals surface area contributed by atoms with Crippen molar-refractivity contribution >= 4 is 11.8 Å². The molecule has 0 bridgehead atoms. The molecule has 0 aromatic heterocycles. The van der Waals surface area contributed by atoms with Crippen molar-refractivity contribution in [2.45, 2.75) is 45.4 Å². The predicted molar refractivity (Wildman–Crippen MR) is 75.4 cm³/mol. The Hall–Kier alpha value is -1.10. The molecular formula is C14H27N3O2. The van der Waals surface area contributed by atoms with Crippen LogP contribution in [0.3, 0.4) is 0 Å². The van der Waals surface area contributed by atoms with Gasteiger partial charge < -0.3 is 16.4 Å². The van der Waals surface area contributed by atoms with Gasteiger partial charge in [0.25, 0.3) is 0 Å². The number of nitrogens with two attached hydrogens (primary N) is 1. The lowest BCUT2D eigenvalue weighted by molar-refractivity contribution is -0.131. The highest BCUT2D eigenvalue weighted by molar-refractivity contribution is 5.87. The largest absolute Gasteiger partial charge is 0.369 e. The van der Waals surface area contributed by atoms with Crippen LogP contribution in [0.1, 0.15) is 45.4 Å². The smallest absolute Gasteiger partial charge is 0.225 e. The minimum Gasteiger partial charge on any atom is -0.369 e. The third-order valence-corrected chi connectivity index (χ3v) is 3.75. The number of carbonyl (C=O) groups excluding carboxylic acids is 2. The Morgan fingerprint density at radius 1 is 1.11 bits per heavy atom. The summed E-state index contributed by atoms with van der Waals surface area (Å²) in [6.07, 6.45) is 7.22. The molecule has 0 saturated carbocycles. The van der Waals surface area contributed by atoms with E-state index in [4.69, 9.17) is 5.73 Å². The average molecular weight is 269 g/mol. The van der Waals surface area contributed by atoms with Gasteiger partial charge in [-0.3, -0.25) is 9.59 Å². The van der Waals surface area contributed by atoms with Crippen LogP contribution < -0.4 is 16.4 Å². The van der Waals surface area contributed by atoms with Crippen LogP contribution in [0.15, 0.2) is 0 Å². The Morgan fingerprint density at radius 3 is 2.42 bits per heavy atom. The lowest BCUT2D eigenvalue weighted by atomic mass is 9.94. The molecule has 5 nitrogen and oxygen atoms in total. The van der Waals surface area contributed by atoms with Crippen molar-refractivity contribution in [3.63, 3.8) is 0 Å². The Balaban J connectivity index is 2.12. The highest BCUT2D eigenvalue weighted by Crippen LogP contribution is 2.16. The van der Waals surface area contributed by atoms with Gasteiger partial charge in [-0.1, -0.05) is 39.0 Å². The summed E-state index contributed by atoms with van der Waals surface area (Å²) in [5, 5.41) is 5.96. The van der Waals surface area contributed by atoms with Crippen molar-refractivity contribution in [2.75, 3.05) is 19.6 Å². The van der Waals surface area contributed by atoms with Gasteiger partial charge in [0.15, 0.2) is 0 Å². The van der Waals surface area contributed by atoms with Crippen LogP contribution >= 0.6 is 0 Å². The fourth-order valence-corrected chi connectivity index (χ4v) is 2.50. The standard InChI is InChI=1S/C14H27N3O2/c1-2-3-4-5-6-7-8-17-14(19)12-10-16-9-11(12)13(15)18/h11-12,16H,2-10H2,1H3,(H2,15,18)(H,17,19). The Bertz CT molecular complexity index is 294. The molecule has 110 valence electrons. The number of primary amides is 1. The number of hydrogen-bond donors (Lipinski definition) is 3. The van der Waals surface area contributed by atoms with Crippen molar-refractivity contribution in [3.8, 4) is 0 Å². The van der Waals surface area contributed by atoms with Crippen LogP contribution in [0, 0.1) is 11.8 Å². The molecule has 1 saturated heterocycles. The molecule has 1 fully saturated rings. The number of carbonyl (C=O) groups is 2. The molecule has 0 aromatic carbocycles. The normalized spacial score (nSPS) is 22.4. The molecule has 2 atom stereocenters. The summed E-state index contributed by atoms with van der Waals surface area (Å²) in [6, 6.07) is 0. The van der Waals surface area contributed by atoms with E-state index in [9.17, 15) is 9.59 Å². The lowest BCUT2D eigenvalue weighted by Gasteiger charge is -2.15. The third-order valence-electron chi connectivity index (χ3n) is 3.75. The summed E-state index contributed by atoms with van der Waals surface area (Å²) in [7, 11) is 0. The number of amides is 2. The van der Waals surface area contributed by atoms with Gasteiger partial charge in [-0.25, -0.2) is 0 Å². The summed E-state index contributed by atoms with van der Waals surface area (Å²) in [5.74, 6) is -1.07. The Kier molecular flexibility index (Phi) is 7.48. The summed E-state index contributed by atoms with van der Waals surface area (Å²) in [5.41, 5.74) is 5.29. The molecule has 0 aromatic rings. The minimum atomic E-state index is -0.385. The summed E-state index contributed by atoms with van der Waals surface area (Å²) in [4.78, 5) is 23.1. The first kappa shape index (κ1) is 16.0. The van der Waals surface area contributed by atoms with Crippen LogP contribution in [0.2, 0.25) is 0 Å². The average Bonchev–Trinajstić information content (AvgIpc) is 2.87. The highest BCUT2D eigenvalue weighted by Gasteiger charge is 2.36. The first-order chi connectivity index (χ1) is 9.16. The van der Waals surface area contributed by atoms with Gasteiger partial charge in [0.1, 0.15) is 0 Å². The second-order valence-electron chi connectivity index (χ2n) is 5.33. The molecule has 0 radical (unpaired) electrons. The van der Waals surface area contributed by atoms with Crippen molar-refractivity contribution < 1.29 is 9.59 Å². The van der Waals surface area contributed by atoms with Gasteiger partial charge in [-0.05, 0) is 6.42 Å². The first-order valence-electron chi connectivity index (χ1n) is 7.44. The lowest BCUT2D eigenvalue weighted by Crippen LogP contribution is -2.39. The van der Waals surface area contributed by atoms with E-state index >= 15 is 0 Å². The van der Waals surface area contributed by atoms with Gasteiger partial charge in [-0.2, -0.15) is 0 Å². The zero-order chi connectivity index (χ0) is 14.1. The Labute approximate surface area is 115 Å². The van der Waals surface area contributed by atoms with E-state index in [2.05, 4.69) is 17.6 Å². The van der Waals surface area contributed by atoms with Crippen LogP contribution in [-0.2, 0) is 9.59 Å². The van der Waals surface area contributed by atoms with Gasteiger partial charge in [0.05, 0.1) is 11.8 Å². The number of nitrogens with one attached hydrogen (secondary N) is 2. The second kappa shape index (κ2) is 8.91. The molecule has 5 heteroatoms. The SMILES string of the molecule is CCCCCCCCNC(=O)C1CNCC1C(N)=O. The van der Waals surface area contributed by atoms with Crippen LogP contribution in [0.4, 0.5) is 0 Å². The molecule has 1 aliphatic rings. The molecule has 1 rings (SSSR count). The maximum absolute atomic E-state index is 11.9. The van der Waals surface area contributed by atoms with Gasteiger partial charge in [0.2, 0.25) is 11.8 Å². The monoisotopic (exact) mass is 269 g/mol. The van der Waals surface area contributed by atoms with Crippen LogP contribution in [0.25, 0.3) is 0 Å². The third kappa shape index (κ3) is 5.59. The molecular weight excluding hydrogens is 242 g/mol. The number of unbranched alkanes of at least 4 members (excludes halogenated alkanes) is 5. The maximum Gasteiger partial charge on any atom is 0.225 e. The fraction of sp³-hybridized carbons (Fsp3) is 0.857. The van der Waals surface area contributed by atoms with E-state index in [1.54, 1.807) is 0 Å². The second-order valence-corrected chi connectivity index (χ2v) is 5.33. The number of hydrogen-bond acceptors (Lipinski definition) is 3. The van der Waals surface area contributed by atoms with E-state index < -0.39 is 0 Å². The molecule has 0 aliphatic carbocycles. The minimum absolute atomic E-state index is 0.0395. The fourth-order valence-electron chi connectivity index (χ4n) is 2.50. The molecule has 2 amide bonds. The van der Waals surface area contributed by atoms with E-state index in [0.29, 0.717) is 19.6 Å². The van der Waals surface area contributed by atoms with Crippen molar-refractivity contribution in [3.05, 3.63) is 0 Å². The van der Waals surface area contributed by atoms with E-state index in [0.717, 1.165) is 12.8 Å². The molecule has 4 N–H and O–H groups in total. The van der Waals surface area contributed by atoms with Crippen molar-refractivity contribution in [2.24, 2.45) is 17.6 Å². The summed E-state index contributed by atoms with van der Waals surface area (Å²) in [6.45, 7) is 3.97. The number of rotatable bonds is 9. The van der Waals surface area contributed by atoms with Gasteiger partial charge in [0, 0.05) is 19.6 Å². The quantitative estimate of drug-likeness (QED) is 0.541. The molecule has 1 heterocycles. The van der Waals surface area contributed by atoms with Gasteiger partial charge >= 0.3 is 0 Å². The zero-order valence-corrected chi connectivity index (χ0v) is 11.9. The predicted octanol–water partition coefficient (Wildman–Crippen LogP) is 0.784. The highest BCUT2D eigenvalue weighted by atomic mass is 16.2. The van der Waals surface area contributed by atoms with Crippen LogP contribution in [-0.4, -0.2) is 31.4 Å². The van der Waals surface area contributed by atoms with E-state index in [1.807, 2.05) is 0 Å². The molecule has 0 spiro atoms. The van der Waals surface area contributed by atoms with Crippen molar-refractivity contribution in [1.82, 2.24) is 10.6 Å². The Morgan fingerprint density at radius 2 is 1.74 bits per heavy atom. The van der Waals surface area contributed by atoms with E-state index in [1.165, 1.54) is 25.7 Å². The molecule has 1 aliphatic heterocycles. The zero-order valence-electron chi connectivity index (χ0n) is 11.9. The van der Waals surface area contributed by atoms with E-state index in [-0.39, 0.29) is 23.7 Å².